The van der Waals surface area contributed by atoms with E-state index < -0.39 is 12.1 Å². The predicted molar refractivity (Wildman–Crippen MR) is 165 cm³/mol. The predicted octanol–water partition coefficient (Wildman–Crippen LogP) is 3.04. The number of allylic oxidation sites excluding steroid dienone is 3. The number of aliphatic hydroxyl groups excluding tert-OH is 1. The van der Waals surface area contributed by atoms with Gasteiger partial charge in [-0.3, -0.25) is 19.3 Å². The molecule has 0 spiro atoms. The Morgan fingerprint density at radius 2 is 1.73 bits per heavy atom. The van der Waals surface area contributed by atoms with Crippen LogP contribution in [0.4, 0.5) is 0 Å². The van der Waals surface area contributed by atoms with Gasteiger partial charge in [0.05, 0.1) is 31.3 Å². The molecule has 0 aromatic carbocycles. The summed E-state index contributed by atoms with van der Waals surface area (Å²) >= 11 is 0. The summed E-state index contributed by atoms with van der Waals surface area (Å²) in [5, 5.41) is 23.4. The lowest BCUT2D eigenvalue weighted by atomic mass is 9.72. The second kappa shape index (κ2) is 17.0. The van der Waals surface area contributed by atoms with E-state index in [2.05, 4.69) is 39.2 Å². The van der Waals surface area contributed by atoms with Gasteiger partial charge in [-0.1, -0.05) is 63.8 Å². The van der Waals surface area contributed by atoms with Crippen LogP contribution in [-0.2, 0) is 14.4 Å². The zero-order valence-corrected chi connectivity index (χ0v) is 26.6. The Hall–Kier alpha value is -2.23. The Morgan fingerprint density at radius 3 is 2.34 bits per heavy atom. The van der Waals surface area contributed by atoms with Gasteiger partial charge in [0.2, 0.25) is 17.7 Å². The fourth-order valence-corrected chi connectivity index (χ4v) is 5.88. The van der Waals surface area contributed by atoms with Crippen LogP contribution in [-0.4, -0.2) is 83.7 Å². The van der Waals surface area contributed by atoms with Crippen LogP contribution in [0, 0.1) is 11.8 Å². The minimum atomic E-state index is -0.896. The second-order valence-electron chi connectivity index (χ2n) is 13.2. The summed E-state index contributed by atoms with van der Waals surface area (Å²) in [6.07, 6.45) is 12.0. The minimum absolute atomic E-state index is 0.00653. The molecule has 5 atom stereocenters. The maximum absolute atomic E-state index is 13.4. The Kier molecular flexibility index (Phi) is 14.5. The molecule has 2 fully saturated rings. The maximum atomic E-state index is 13.4. The molecule has 234 valence electrons. The van der Waals surface area contributed by atoms with Crippen molar-refractivity contribution in [1.29, 1.82) is 0 Å². The van der Waals surface area contributed by atoms with Crippen molar-refractivity contribution in [3.8, 4) is 0 Å². The Morgan fingerprint density at radius 1 is 1.05 bits per heavy atom. The molecule has 0 aromatic heterocycles. The summed E-state index contributed by atoms with van der Waals surface area (Å²) in [5.41, 5.74) is 0.664. The van der Waals surface area contributed by atoms with Crippen molar-refractivity contribution in [2.24, 2.45) is 11.8 Å². The van der Waals surface area contributed by atoms with Crippen molar-refractivity contribution >= 4 is 17.7 Å². The van der Waals surface area contributed by atoms with E-state index in [1.54, 1.807) is 0 Å². The molecule has 2 rings (SSSR count). The van der Waals surface area contributed by atoms with Gasteiger partial charge in [0, 0.05) is 24.7 Å². The van der Waals surface area contributed by atoms with Gasteiger partial charge >= 0.3 is 0 Å². The molecular formula is C32H57N5O4. The summed E-state index contributed by atoms with van der Waals surface area (Å²) in [6, 6.07) is -0.720. The van der Waals surface area contributed by atoms with Crippen LogP contribution in [0.3, 0.4) is 0 Å². The van der Waals surface area contributed by atoms with Gasteiger partial charge in [-0.05, 0) is 65.2 Å². The lowest BCUT2D eigenvalue weighted by molar-refractivity contribution is -0.133. The van der Waals surface area contributed by atoms with E-state index in [-0.39, 0.29) is 55.0 Å². The topological polar surface area (TPSA) is 123 Å². The molecule has 1 saturated heterocycles. The van der Waals surface area contributed by atoms with Crippen molar-refractivity contribution in [1.82, 2.24) is 26.2 Å². The molecule has 1 aliphatic heterocycles. The number of piperidine rings is 1. The normalized spacial score (nSPS) is 23.6. The first kappa shape index (κ1) is 35.0. The molecule has 0 bridgehead atoms. The van der Waals surface area contributed by atoms with E-state index in [9.17, 15) is 19.5 Å². The minimum Gasteiger partial charge on any atom is -0.390 e. The van der Waals surface area contributed by atoms with Crippen LogP contribution in [0.15, 0.2) is 23.8 Å². The van der Waals surface area contributed by atoms with E-state index in [4.69, 9.17) is 0 Å². The smallest absolute Gasteiger partial charge is 0.239 e. The molecule has 1 saturated carbocycles. The standard InChI is InChI=1S/C32H57N5O4/c1-8-10-13-23(9-2)16-26(35-30(40)19-34-29(39)18-33-22(3)4)28(38)21-37-20-25-15-12-11-14-24(25)17-27(37)31(41)36-32(5,6)7/h9-10,13,22,24-28,33,38H,8,11-12,14-21H2,1-7H3,(H,34,39)(H,35,40)(H,36,41)/b13-10-,23-9+. The third kappa shape index (κ3) is 12.7. The van der Waals surface area contributed by atoms with Crippen molar-refractivity contribution in [3.05, 3.63) is 23.8 Å². The average molecular weight is 576 g/mol. The van der Waals surface area contributed by atoms with Gasteiger partial charge in [-0.25, -0.2) is 0 Å². The van der Waals surface area contributed by atoms with Crippen molar-refractivity contribution in [3.63, 3.8) is 0 Å². The monoisotopic (exact) mass is 575 g/mol. The highest BCUT2D eigenvalue weighted by Gasteiger charge is 2.41. The number of fused-ring (bicyclic) bond motifs is 1. The number of carbonyl (C=O) groups is 3. The lowest BCUT2D eigenvalue weighted by Gasteiger charge is -2.47. The molecule has 5 unspecified atom stereocenters. The number of β-amino-alcohol motifs (C(OH)–C–C–N with tert-alkyl or cyclic N) is 1. The highest BCUT2D eigenvalue weighted by atomic mass is 16.3. The zero-order valence-electron chi connectivity index (χ0n) is 26.6. The molecule has 0 radical (unpaired) electrons. The van der Waals surface area contributed by atoms with Crippen molar-refractivity contribution < 1.29 is 19.5 Å². The maximum Gasteiger partial charge on any atom is 0.239 e. The number of amides is 3. The van der Waals surface area contributed by atoms with Gasteiger partial charge < -0.3 is 26.4 Å². The molecule has 9 heteroatoms. The van der Waals surface area contributed by atoms with Gasteiger partial charge in [-0.15, -0.1) is 0 Å². The molecule has 9 nitrogen and oxygen atoms in total. The number of carbonyl (C=O) groups excluding carboxylic acids is 3. The van der Waals surface area contributed by atoms with Crippen LogP contribution in [0.5, 0.6) is 0 Å². The summed E-state index contributed by atoms with van der Waals surface area (Å²) in [7, 11) is 0. The van der Waals surface area contributed by atoms with Crippen LogP contribution >= 0.6 is 0 Å². The van der Waals surface area contributed by atoms with E-state index in [1.165, 1.54) is 12.8 Å². The Labute approximate surface area is 248 Å². The molecule has 41 heavy (non-hydrogen) atoms. The number of hydrogen-bond acceptors (Lipinski definition) is 6. The van der Waals surface area contributed by atoms with E-state index in [0.29, 0.717) is 18.3 Å². The highest BCUT2D eigenvalue weighted by molar-refractivity contribution is 5.85. The summed E-state index contributed by atoms with van der Waals surface area (Å²) < 4.78 is 0. The van der Waals surface area contributed by atoms with Crippen molar-refractivity contribution in [2.75, 3.05) is 26.2 Å². The van der Waals surface area contributed by atoms with E-state index >= 15 is 0 Å². The number of nitrogens with zero attached hydrogens (tertiary/aromatic N) is 1. The number of likely N-dealkylation sites (tertiary alicyclic amines) is 1. The summed E-state index contributed by atoms with van der Waals surface area (Å²) in [5.74, 6) is 0.456. The number of nitrogens with one attached hydrogen (secondary N) is 4. The SMILES string of the molecule is C/C=C(\C=C/CC)CC(NC(=O)CNC(=O)CNC(C)C)C(O)CN1CC2CCCCC2CC1C(=O)NC(C)(C)C. The van der Waals surface area contributed by atoms with Crippen molar-refractivity contribution in [2.45, 2.75) is 123 Å². The summed E-state index contributed by atoms with van der Waals surface area (Å²) in [6.45, 7) is 14.9. The molecular weight excluding hydrogens is 518 g/mol. The molecule has 0 aromatic rings. The first-order valence-electron chi connectivity index (χ1n) is 15.7. The molecule has 2 aliphatic rings. The molecule has 5 N–H and O–H groups in total. The fraction of sp³-hybridized carbons (Fsp3) is 0.781. The zero-order chi connectivity index (χ0) is 30.6. The first-order valence-corrected chi connectivity index (χ1v) is 15.7. The fourth-order valence-electron chi connectivity index (χ4n) is 5.88. The third-order valence-corrected chi connectivity index (χ3v) is 8.05. The lowest BCUT2D eigenvalue weighted by Crippen LogP contribution is -2.60. The van der Waals surface area contributed by atoms with E-state index in [1.807, 2.05) is 53.7 Å². The molecule has 3 amide bonds. The molecule has 1 aliphatic carbocycles. The quantitative estimate of drug-likeness (QED) is 0.203. The Balaban J connectivity index is 2.18. The molecule has 1 heterocycles. The second-order valence-corrected chi connectivity index (χ2v) is 13.2. The number of aliphatic hydroxyl groups is 1. The van der Waals surface area contributed by atoms with Crippen LogP contribution in [0.2, 0.25) is 0 Å². The summed E-state index contributed by atoms with van der Waals surface area (Å²) in [4.78, 5) is 40.6. The number of rotatable bonds is 14. The van der Waals surface area contributed by atoms with Crippen LogP contribution in [0.25, 0.3) is 0 Å². The van der Waals surface area contributed by atoms with Crippen LogP contribution in [0.1, 0.15) is 93.4 Å². The third-order valence-electron chi connectivity index (χ3n) is 8.05. The van der Waals surface area contributed by atoms with Gasteiger partial charge in [-0.2, -0.15) is 0 Å². The van der Waals surface area contributed by atoms with E-state index in [0.717, 1.165) is 37.8 Å². The van der Waals surface area contributed by atoms with Crippen LogP contribution < -0.4 is 21.3 Å². The highest BCUT2D eigenvalue weighted by Crippen LogP contribution is 2.39. The number of hydrogen-bond donors (Lipinski definition) is 5. The first-order chi connectivity index (χ1) is 19.3. The van der Waals surface area contributed by atoms with Gasteiger partial charge in [0.15, 0.2) is 0 Å². The average Bonchev–Trinajstić information content (AvgIpc) is 2.90. The van der Waals surface area contributed by atoms with Gasteiger partial charge in [0.25, 0.3) is 0 Å². The largest absolute Gasteiger partial charge is 0.390 e. The Bertz CT molecular complexity index is 910. The van der Waals surface area contributed by atoms with Gasteiger partial charge in [0.1, 0.15) is 0 Å².